The number of aliphatic imine (C=N–C) groups is 1. The lowest BCUT2D eigenvalue weighted by Crippen LogP contribution is -2.26. The van der Waals surface area contributed by atoms with Gasteiger partial charge in [0.25, 0.3) is 0 Å². The average molecular weight is 352 g/mol. The fourth-order valence-corrected chi connectivity index (χ4v) is 2.79. The van der Waals surface area contributed by atoms with Gasteiger partial charge in [-0.05, 0) is 38.1 Å². The topological polar surface area (TPSA) is 100 Å². The highest BCUT2D eigenvalue weighted by atomic mass is 16.5. The molecular weight excluding hydrogens is 332 g/mol. The molecule has 134 valence electrons. The summed E-state index contributed by atoms with van der Waals surface area (Å²) in [7, 11) is 1.63. The molecule has 1 unspecified atom stereocenters. The van der Waals surface area contributed by atoms with E-state index in [4.69, 9.17) is 9.15 Å². The first-order valence-electron chi connectivity index (χ1n) is 8.40. The molecule has 2 aromatic heterocycles. The van der Waals surface area contributed by atoms with E-state index in [1.54, 1.807) is 7.11 Å². The van der Waals surface area contributed by atoms with Crippen molar-refractivity contribution < 1.29 is 9.15 Å². The van der Waals surface area contributed by atoms with E-state index >= 15 is 0 Å². The number of aromatic nitrogens is 3. The number of nitrogens with one attached hydrogen (secondary N) is 3. The first-order chi connectivity index (χ1) is 12.6. The first-order valence-corrected chi connectivity index (χ1v) is 8.40. The molecule has 0 amide bonds. The van der Waals surface area contributed by atoms with Crippen LogP contribution in [0.5, 0.6) is 0 Å². The van der Waals surface area contributed by atoms with Crippen molar-refractivity contribution in [3.8, 4) is 11.5 Å². The summed E-state index contributed by atoms with van der Waals surface area (Å²) in [5.41, 5.74) is 2.79. The van der Waals surface area contributed by atoms with Gasteiger partial charge in [0.2, 0.25) is 5.89 Å². The van der Waals surface area contributed by atoms with Crippen molar-refractivity contribution in [2.75, 3.05) is 12.4 Å². The van der Waals surface area contributed by atoms with Gasteiger partial charge in [-0.15, -0.1) is 5.10 Å². The minimum Gasteiger partial charge on any atom is -0.403 e. The van der Waals surface area contributed by atoms with Gasteiger partial charge in [-0.2, -0.15) is 0 Å². The van der Waals surface area contributed by atoms with Gasteiger partial charge in [0.1, 0.15) is 5.84 Å². The van der Waals surface area contributed by atoms with Crippen LogP contribution >= 0.6 is 0 Å². The average Bonchev–Trinajstić information content (AvgIpc) is 3.27. The molecule has 8 nitrogen and oxygen atoms in total. The van der Waals surface area contributed by atoms with Crippen molar-refractivity contribution in [3.05, 3.63) is 42.2 Å². The van der Waals surface area contributed by atoms with E-state index in [0.29, 0.717) is 11.9 Å². The maximum Gasteiger partial charge on any atom is 0.315 e. The number of hydrogen-bond donors (Lipinski definition) is 3. The van der Waals surface area contributed by atoms with Crippen LogP contribution in [-0.4, -0.2) is 40.4 Å². The number of aromatic amines is 1. The number of H-pyrrole nitrogens is 1. The molecule has 3 N–H and O–H groups in total. The Morgan fingerprint density at radius 2 is 2.15 bits per heavy atom. The molecule has 3 aromatic rings. The molecule has 0 saturated carbocycles. The minimum atomic E-state index is -0.292. The van der Waals surface area contributed by atoms with E-state index in [-0.39, 0.29) is 12.3 Å². The SMILES string of the molecule is COC1C=CNC(c2c[nH]c3ccc(-c4nnc(NC(C)C)o4)cc23)=N1. The third-order valence-corrected chi connectivity index (χ3v) is 4.00. The Balaban J connectivity index is 1.71. The number of hydrogen-bond acceptors (Lipinski definition) is 7. The second-order valence-electron chi connectivity index (χ2n) is 6.28. The van der Waals surface area contributed by atoms with Gasteiger partial charge in [-0.25, -0.2) is 4.99 Å². The predicted molar refractivity (Wildman–Crippen MR) is 100.0 cm³/mol. The number of anilines is 1. The number of rotatable bonds is 5. The van der Waals surface area contributed by atoms with Crippen molar-refractivity contribution in [3.63, 3.8) is 0 Å². The van der Waals surface area contributed by atoms with Crippen LogP contribution in [0.1, 0.15) is 19.4 Å². The summed E-state index contributed by atoms with van der Waals surface area (Å²) in [4.78, 5) is 7.81. The minimum absolute atomic E-state index is 0.222. The van der Waals surface area contributed by atoms with E-state index in [0.717, 1.165) is 27.9 Å². The summed E-state index contributed by atoms with van der Waals surface area (Å²) in [6.07, 6.45) is 5.32. The molecule has 0 radical (unpaired) electrons. The van der Waals surface area contributed by atoms with Crippen molar-refractivity contribution in [1.82, 2.24) is 20.5 Å². The molecule has 0 fully saturated rings. The molecule has 1 aromatic carbocycles. The fraction of sp³-hybridized carbons (Fsp3) is 0.278. The van der Waals surface area contributed by atoms with Crippen molar-refractivity contribution in [2.24, 2.45) is 4.99 Å². The van der Waals surface area contributed by atoms with Crippen LogP contribution in [-0.2, 0) is 4.74 Å². The van der Waals surface area contributed by atoms with Crippen molar-refractivity contribution >= 4 is 22.8 Å². The third-order valence-electron chi connectivity index (χ3n) is 4.00. The molecule has 0 spiro atoms. The lowest BCUT2D eigenvalue weighted by molar-refractivity contribution is 0.147. The molecule has 4 rings (SSSR count). The van der Waals surface area contributed by atoms with Crippen LogP contribution < -0.4 is 10.6 Å². The summed E-state index contributed by atoms with van der Waals surface area (Å²) in [6.45, 7) is 4.03. The lowest BCUT2D eigenvalue weighted by atomic mass is 10.1. The quantitative estimate of drug-likeness (QED) is 0.653. The normalized spacial score (nSPS) is 16.8. The second-order valence-corrected chi connectivity index (χ2v) is 6.28. The van der Waals surface area contributed by atoms with Gasteiger partial charge in [0.05, 0.1) is 0 Å². The number of ether oxygens (including phenoxy) is 1. The van der Waals surface area contributed by atoms with Gasteiger partial charge in [-0.3, -0.25) is 0 Å². The number of nitrogens with zero attached hydrogens (tertiary/aromatic N) is 3. The van der Waals surface area contributed by atoms with Crippen LogP contribution in [0.2, 0.25) is 0 Å². The van der Waals surface area contributed by atoms with Crippen LogP contribution in [0.4, 0.5) is 6.01 Å². The van der Waals surface area contributed by atoms with Gasteiger partial charge in [0.15, 0.2) is 6.23 Å². The molecule has 26 heavy (non-hydrogen) atoms. The van der Waals surface area contributed by atoms with Crippen LogP contribution in [0.25, 0.3) is 22.4 Å². The number of benzene rings is 1. The van der Waals surface area contributed by atoms with Crippen LogP contribution in [0.15, 0.2) is 46.1 Å². The summed E-state index contributed by atoms with van der Waals surface area (Å²) in [5.74, 6) is 1.21. The second kappa shape index (κ2) is 6.64. The Bertz CT molecular complexity index is 985. The van der Waals surface area contributed by atoms with E-state index in [1.807, 2.05) is 50.5 Å². The summed E-state index contributed by atoms with van der Waals surface area (Å²) >= 11 is 0. The fourth-order valence-electron chi connectivity index (χ4n) is 2.79. The van der Waals surface area contributed by atoms with Gasteiger partial charge in [-0.1, -0.05) is 5.10 Å². The molecule has 0 saturated heterocycles. The number of amidine groups is 1. The molecule has 0 aliphatic carbocycles. The third kappa shape index (κ3) is 3.06. The lowest BCUT2D eigenvalue weighted by Gasteiger charge is -2.15. The van der Waals surface area contributed by atoms with Gasteiger partial charge < -0.3 is 24.8 Å². The number of fused-ring (bicyclic) bond motifs is 1. The van der Waals surface area contributed by atoms with E-state index in [9.17, 15) is 0 Å². The maximum atomic E-state index is 5.71. The highest BCUT2D eigenvalue weighted by Crippen LogP contribution is 2.27. The Morgan fingerprint density at radius 1 is 1.27 bits per heavy atom. The molecule has 3 heterocycles. The smallest absolute Gasteiger partial charge is 0.315 e. The maximum absolute atomic E-state index is 5.71. The van der Waals surface area contributed by atoms with E-state index < -0.39 is 0 Å². The largest absolute Gasteiger partial charge is 0.403 e. The van der Waals surface area contributed by atoms with Crippen molar-refractivity contribution in [2.45, 2.75) is 26.1 Å². The highest BCUT2D eigenvalue weighted by Gasteiger charge is 2.16. The Hall–Kier alpha value is -3.13. The summed E-state index contributed by atoms with van der Waals surface area (Å²) < 4.78 is 11.0. The van der Waals surface area contributed by atoms with E-state index in [1.165, 1.54) is 0 Å². The molecule has 1 aliphatic rings. The zero-order chi connectivity index (χ0) is 18.1. The monoisotopic (exact) mass is 352 g/mol. The number of methoxy groups -OCH3 is 1. The zero-order valence-corrected chi connectivity index (χ0v) is 14.8. The van der Waals surface area contributed by atoms with Gasteiger partial charge >= 0.3 is 6.01 Å². The highest BCUT2D eigenvalue weighted by molar-refractivity contribution is 6.10. The first kappa shape index (κ1) is 16.3. The standard InChI is InChI=1S/C18H20N6O2/c1-10(2)21-18-24-23-17(26-18)11-4-5-14-12(8-11)13(9-20-14)16-19-7-6-15(22-16)25-3/h4-10,15,20H,1-3H3,(H,19,22)(H,21,24). The predicted octanol–water partition coefficient (Wildman–Crippen LogP) is 2.87. The van der Waals surface area contributed by atoms with Gasteiger partial charge in [0, 0.05) is 47.6 Å². The summed E-state index contributed by atoms with van der Waals surface area (Å²) in [6, 6.07) is 6.58. The molecule has 1 atom stereocenters. The Morgan fingerprint density at radius 3 is 2.96 bits per heavy atom. The Labute approximate surface area is 150 Å². The molecule has 1 aliphatic heterocycles. The summed E-state index contributed by atoms with van der Waals surface area (Å²) in [5, 5.41) is 15.5. The molecule has 8 heteroatoms. The molecule has 0 bridgehead atoms. The zero-order valence-electron chi connectivity index (χ0n) is 14.8. The molecular formula is C18H20N6O2. The van der Waals surface area contributed by atoms with Crippen LogP contribution in [0, 0.1) is 0 Å². The van der Waals surface area contributed by atoms with Crippen LogP contribution in [0.3, 0.4) is 0 Å². The van der Waals surface area contributed by atoms with E-state index in [2.05, 4.69) is 30.8 Å². The Kier molecular flexibility index (Phi) is 4.18. The van der Waals surface area contributed by atoms with Crippen molar-refractivity contribution in [1.29, 1.82) is 0 Å².